The second-order valence-corrected chi connectivity index (χ2v) is 4.35. The zero-order valence-electron chi connectivity index (χ0n) is 9.24. The number of hydrogen-bond acceptors (Lipinski definition) is 2. The summed E-state index contributed by atoms with van der Waals surface area (Å²) < 4.78 is 0. The van der Waals surface area contributed by atoms with Gasteiger partial charge in [-0.3, -0.25) is 9.59 Å². The van der Waals surface area contributed by atoms with Crippen LogP contribution in [-0.2, 0) is 9.59 Å². The number of amides is 1. The van der Waals surface area contributed by atoms with Crippen LogP contribution in [0, 0.1) is 5.92 Å². The molecule has 0 aliphatic carbocycles. The number of carboxylic acids is 1. The zero-order chi connectivity index (χ0) is 11.3. The quantitative estimate of drug-likeness (QED) is 0.770. The molecule has 0 aromatic heterocycles. The molecule has 0 saturated carbocycles. The van der Waals surface area contributed by atoms with Crippen LogP contribution >= 0.6 is 0 Å². The van der Waals surface area contributed by atoms with E-state index in [1.807, 2.05) is 11.8 Å². The van der Waals surface area contributed by atoms with Gasteiger partial charge >= 0.3 is 5.97 Å². The van der Waals surface area contributed by atoms with Gasteiger partial charge in [-0.15, -0.1) is 0 Å². The summed E-state index contributed by atoms with van der Waals surface area (Å²) in [6.07, 6.45) is 3.82. The number of hydrogen-bond donors (Lipinski definition) is 1. The van der Waals surface area contributed by atoms with Crippen LogP contribution in [0.3, 0.4) is 0 Å². The number of nitrogens with zero attached hydrogens (tertiary/aromatic N) is 1. The van der Waals surface area contributed by atoms with Crippen LogP contribution in [0.15, 0.2) is 0 Å². The lowest BCUT2D eigenvalue weighted by Gasteiger charge is -2.27. The summed E-state index contributed by atoms with van der Waals surface area (Å²) in [6, 6.07) is 0. The smallest absolute Gasteiger partial charge is 0.303 e. The van der Waals surface area contributed by atoms with Crippen LogP contribution in [0.25, 0.3) is 0 Å². The highest BCUT2D eigenvalue weighted by Crippen LogP contribution is 2.14. The van der Waals surface area contributed by atoms with Crippen molar-refractivity contribution in [1.82, 2.24) is 4.90 Å². The van der Waals surface area contributed by atoms with E-state index in [2.05, 4.69) is 0 Å². The van der Waals surface area contributed by atoms with Crippen molar-refractivity contribution in [3.05, 3.63) is 0 Å². The molecule has 1 aliphatic rings. The predicted molar refractivity (Wildman–Crippen MR) is 56.5 cm³/mol. The van der Waals surface area contributed by atoms with Crippen molar-refractivity contribution in [2.24, 2.45) is 5.92 Å². The van der Waals surface area contributed by atoms with Gasteiger partial charge in [0.05, 0.1) is 0 Å². The molecule has 0 bridgehead atoms. The number of carbonyl (C=O) groups is 2. The van der Waals surface area contributed by atoms with E-state index in [-0.39, 0.29) is 18.2 Å². The lowest BCUT2D eigenvalue weighted by molar-refractivity contribution is -0.138. The summed E-state index contributed by atoms with van der Waals surface area (Å²) in [5, 5.41) is 8.58. The van der Waals surface area contributed by atoms with Gasteiger partial charge < -0.3 is 10.0 Å². The van der Waals surface area contributed by atoms with Crippen LogP contribution in [0.2, 0.25) is 0 Å². The molecule has 1 atom stereocenters. The topological polar surface area (TPSA) is 57.6 Å². The first-order valence-corrected chi connectivity index (χ1v) is 5.59. The molecule has 86 valence electrons. The highest BCUT2D eigenvalue weighted by molar-refractivity contribution is 5.77. The van der Waals surface area contributed by atoms with Gasteiger partial charge in [-0.1, -0.05) is 6.92 Å². The maximum absolute atomic E-state index is 11.7. The van der Waals surface area contributed by atoms with Gasteiger partial charge in [-0.2, -0.15) is 0 Å². The first kappa shape index (κ1) is 12.0. The highest BCUT2D eigenvalue weighted by Gasteiger charge is 2.19. The molecule has 1 amide bonds. The molecule has 1 heterocycles. The van der Waals surface area contributed by atoms with Gasteiger partial charge in [0, 0.05) is 25.9 Å². The number of rotatable bonds is 4. The third-order valence-electron chi connectivity index (χ3n) is 2.75. The van der Waals surface area contributed by atoms with Crippen molar-refractivity contribution in [2.45, 2.75) is 39.0 Å². The van der Waals surface area contributed by atoms with E-state index in [4.69, 9.17) is 5.11 Å². The van der Waals surface area contributed by atoms with E-state index >= 15 is 0 Å². The number of likely N-dealkylation sites (tertiary alicyclic amines) is 1. The minimum atomic E-state index is -0.825. The highest BCUT2D eigenvalue weighted by atomic mass is 16.4. The molecule has 0 aromatic rings. The first-order valence-electron chi connectivity index (χ1n) is 5.59. The Labute approximate surface area is 90.3 Å². The monoisotopic (exact) mass is 213 g/mol. The number of piperidine rings is 1. The van der Waals surface area contributed by atoms with E-state index in [9.17, 15) is 9.59 Å². The van der Waals surface area contributed by atoms with Crippen LogP contribution in [0.4, 0.5) is 0 Å². The van der Waals surface area contributed by atoms with E-state index in [0.717, 1.165) is 25.9 Å². The summed E-state index contributed by atoms with van der Waals surface area (Å²) in [4.78, 5) is 24.0. The van der Waals surface area contributed by atoms with Gasteiger partial charge in [0.2, 0.25) is 5.91 Å². The average Bonchev–Trinajstić information content (AvgIpc) is 2.17. The summed E-state index contributed by atoms with van der Waals surface area (Å²) in [7, 11) is 0. The molecule has 0 spiro atoms. The van der Waals surface area contributed by atoms with Crippen molar-refractivity contribution in [3.8, 4) is 0 Å². The maximum atomic E-state index is 11.7. The van der Waals surface area contributed by atoms with Crippen molar-refractivity contribution in [2.75, 3.05) is 13.1 Å². The number of carboxylic acid groups (broad SMARTS) is 1. The lowest BCUT2D eigenvalue weighted by atomic mass is 10.0. The molecular weight excluding hydrogens is 194 g/mol. The van der Waals surface area contributed by atoms with E-state index in [1.165, 1.54) is 6.42 Å². The Balaban J connectivity index is 2.30. The number of aliphatic carboxylic acids is 1. The third-order valence-corrected chi connectivity index (χ3v) is 2.75. The van der Waals surface area contributed by atoms with Crippen LogP contribution < -0.4 is 0 Å². The molecule has 4 heteroatoms. The molecule has 4 nitrogen and oxygen atoms in total. The summed E-state index contributed by atoms with van der Waals surface area (Å²) in [6.45, 7) is 3.51. The molecule has 1 rings (SSSR count). The molecule has 1 fully saturated rings. The Kier molecular flexibility index (Phi) is 4.59. The lowest BCUT2D eigenvalue weighted by Crippen LogP contribution is -2.36. The minimum absolute atomic E-state index is 0.0584. The Hall–Kier alpha value is -1.06. The third kappa shape index (κ3) is 4.32. The van der Waals surface area contributed by atoms with Crippen molar-refractivity contribution < 1.29 is 14.7 Å². The largest absolute Gasteiger partial charge is 0.481 e. The normalized spacial score (nSPS) is 18.6. The molecule has 1 unspecified atom stereocenters. The van der Waals surface area contributed by atoms with Crippen LogP contribution in [-0.4, -0.2) is 35.0 Å². The molecule has 1 aliphatic heterocycles. The summed E-state index contributed by atoms with van der Waals surface area (Å²) >= 11 is 0. The fourth-order valence-corrected chi connectivity index (χ4v) is 1.94. The molecule has 15 heavy (non-hydrogen) atoms. The second-order valence-electron chi connectivity index (χ2n) is 4.35. The Morgan fingerprint density at radius 3 is 2.33 bits per heavy atom. The Bertz CT molecular complexity index is 234. The average molecular weight is 213 g/mol. The molecule has 0 aromatic carbocycles. The van der Waals surface area contributed by atoms with E-state index in [0.29, 0.717) is 6.42 Å². The standard InChI is InChI=1S/C11H19NO3/c1-9(8-11(14)15)7-10(13)12-5-3-2-4-6-12/h9H,2-8H2,1H3,(H,14,15). The van der Waals surface area contributed by atoms with Crippen LogP contribution in [0.5, 0.6) is 0 Å². The zero-order valence-corrected chi connectivity index (χ0v) is 9.24. The summed E-state index contributed by atoms with van der Waals surface area (Å²) in [5.41, 5.74) is 0. The second kappa shape index (κ2) is 5.73. The van der Waals surface area contributed by atoms with Crippen molar-refractivity contribution >= 4 is 11.9 Å². The fourth-order valence-electron chi connectivity index (χ4n) is 1.94. The Morgan fingerprint density at radius 2 is 1.80 bits per heavy atom. The van der Waals surface area contributed by atoms with Gasteiger partial charge in [-0.25, -0.2) is 0 Å². The first-order chi connectivity index (χ1) is 7.09. The molecule has 0 radical (unpaired) electrons. The van der Waals surface area contributed by atoms with Crippen molar-refractivity contribution in [3.63, 3.8) is 0 Å². The van der Waals surface area contributed by atoms with E-state index in [1.54, 1.807) is 0 Å². The SMILES string of the molecule is CC(CC(=O)O)CC(=O)N1CCCCC1. The molecule has 1 saturated heterocycles. The minimum Gasteiger partial charge on any atom is -0.481 e. The van der Waals surface area contributed by atoms with Crippen molar-refractivity contribution in [1.29, 1.82) is 0 Å². The molecule has 1 N–H and O–H groups in total. The summed E-state index contributed by atoms with van der Waals surface area (Å²) in [5.74, 6) is -0.769. The van der Waals surface area contributed by atoms with Gasteiger partial charge in [0.25, 0.3) is 0 Å². The fraction of sp³-hybridized carbons (Fsp3) is 0.818. The van der Waals surface area contributed by atoms with Crippen LogP contribution in [0.1, 0.15) is 39.0 Å². The maximum Gasteiger partial charge on any atom is 0.303 e. The Morgan fingerprint density at radius 1 is 1.20 bits per heavy atom. The predicted octanol–water partition coefficient (Wildman–Crippen LogP) is 1.50. The van der Waals surface area contributed by atoms with E-state index < -0.39 is 5.97 Å². The van der Waals surface area contributed by atoms with Gasteiger partial charge in [-0.05, 0) is 25.2 Å². The molecular formula is C11H19NO3. The van der Waals surface area contributed by atoms with Gasteiger partial charge in [0.15, 0.2) is 0 Å². The number of carbonyl (C=O) groups excluding carboxylic acids is 1. The van der Waals surface area contributed by atoms with Gasteiger partial charge in [0.1, 0.15) is 0 Å².